The Morgan fingerprint density at radius 2 is 2.25 bits per heavy atom. The summed E-state index contributed by atoms with van der Waals surface area (Å²) in [5.41, 5.74) is 7.95. The highest BCUT2D eigenvalue weighted by molar-refractivity contribution is 9.10. The molecule has 1 aliphatic rings. The van der Waals surface area contributed by atoms with Crippen LogP contribution < -0.4 is 11.1 Å². The number of rotatable bonds is 3. The standard InChI is InChI=1S/C15H22BrN3O/c1-10-5-12(17)8-19(7-10)9-15(20)18-13-3-4-14(16)11(2)6-13/h3-4,6,10,12H,5,7-9,17H2,1-2H3,(H,18,20). The summed E-state index contributed by atoms with van der Waals surface area (Å²) in [6.45, 7) is 6.35. The number of benzene rings is 1. The number of hydrogen-bond acceptors (Lipinski definition) is 3. The lowest BCUT2D eigenvalue weighted by Crippen LogP contribution is -2.48. The lowest BCUT2D eigenvalue weighted by Gasteiger charge is -2.34. The Hall–Kier alpha value is -0.910. The quantitative estimate of drug-likeness (QED) is 0.888. The molecule has 0 aromatic heterocycles. The highest BCUT2D eigenvalue weighted by atomic mass is 79.9. The van der Waals surface area contributed by atoms with Crippen LogP contribution in [0.5, 0.6) is 0 Å². The molecule has 0 saturated carbocycles. The van der Waals surface area contributed by atoms with E-state index >= 15 is 0 Å². The first kappa shape index (κ1) is 15.5. The van der Waals surface area contributed by atoms with Gasteiger partial charge >= 0.3 is 0 Å². The molecular formula is C15H22BrN3O. The van der Waals surface area contributed by atoms with Gasteiger partial charge in [0.2, 0.25) is 5.91 Å². The number of hydrogen-bond donors (Lipinski definition) is 2. The van der Waals surface area contributed by atoms with E-state index in [1.807, 2.05) is 25.1 Å². The van der Waals surface area contributed by atoms with Crippen LogP contribution >= 0.6 is 15.9 Å². The smallest absolute Gasteiger partial charge is 0.238 e. The van der Waals surface area contributed by atoms with Gasteiger partial charge < -0.3 is 11.1 Å². The third-order valence-electron chi connectivity index (χ3n) is 3.58. The predicted octanol–water partition coefficient (Wildman–Crippen LogP) is 2.37. The van der Waals surface area contributed by atoms with Crippen molar-refractivity contribution < 1.29 is 4.79 Å². The number of likely N-dealkylation sites (tertiary alicyclic amines) is 1. The summed E-state index contributed by atoms with van der Waals surface area (Å²) < 4.78 is 1.05. The zero-order valence-electron chi connectivity index (χ0n) is 12.0. The molecule has 0 radical (unpaired) electrons. The van der Waals surface area contributed by atoms with Crippen molar-refractivity contribution in [2.24, 2.45) is 11.7 Å². The summed E-state index contributed by atoms with van der Waals surface area (Å²) in [7, 11) is 0. The molecule has 2 rings (SSSR count). The lowest BCUT2D eigenvalue weighted by atomic mass is 9.97. The summed E-state index contributed by atoms with van der Waals surface area (Å²) in [6, 6.07) is 6.00. The molecule has 2 atom stereocenters. The number of nitrogens with one attached hydrogen (secondary N) is 1. The van der Waals surface area contributed by atoms with E-state index in [4.69, 9.17) is 5.73 Å². The van der Waals surface area contributed by atoms with Gasteiger partial charge in [0.15, 0.2) is 0 Å². The van der Waals surface area contributed by atoms with Gasteiger partial charge in [-0.1, -0.05) is 22.9 Å². The van der Waals surface area contributed by atoms with Gasteiger partial charge in [0.05, 0.1) is 6.54 Å². The molecule has 1 fully saturated rings. The van der Waals surface area contributed by atoms with Crippen LogP contribution in [-0.2, 0) is 4.79 Å². The fourth-order valence-electron chi connectivity index (χ4n) is 2.77. The lowest BCUT2D eigenvalue weighted by molar-refractivity contribution is -0.117. The third kappa shape index (κ3) is 4.30. The van der Waals surface area contributed by atoms with Gasteiger partial charge in [0.25, 0.3) is 0 Å². The molecule has 1 saturated heterocycles. The summed E-state index contributed by atoms with van der Waals surface area (Å²) in [4.78, 5) is 14.2. The molecule has 1 amide bonds. The molecule has 1 aliphatic heterocycles. The second-order valence-electron chi connectivity index (χ2n) is 5.81. The maximum atomic E-state index is 12.1. The number of nitrogens with zero attached hydrogens (tertiary/aromatic N) is 1. The van der Waals surface area contributed by atoms with E-state index in [9.17, 15) is 4.79 Å². The highest BCUT2D eigenvalue weighted by Gasteiger charge is 2.23. The van der Waals surface area contributed by atoms with Crippen molar-refractivity contribution in [2.45, 2.75) is 26.3 Å². The minimum Gasteiger partial charge on any atom is -0.327 e. The monoisotopic (exact) mass is 339 g/mol. The summed E-state index contributed by atoms with van der Waals surface area (Å²) in [5.74, 6) is 0.578. The third-order valence-corrected chi connectivity index (χ3v) is 4.47. The van der Waals surface area contributed by atoms with Crippen LogP contribution in [0.4, 0.5) is 5.69 Å². The second-order valence-corrected chi connectivity index (χ2v) is 6.66. The fourth-order valence-corrected chi connectivity index (χ4v) is 3.01. The summed E-state index contributed by atoms with van der Waals surface area (Å²) in [5, 5.41) is 2.94. The highest BCUT2D eigenvalue weighted by Crippen LogP contribution is 2.20. The molecule has 1 heterocycles. The topological polar surface area (TPSA) is 58.4 Å². The number of piperidine rings is 1. The maximum Gasteiger partial charge on any atom is 0.238 e. The van der Waals surface area contributed by atoms with Gasteiger partial charge in [-0.3, -0.25) is 9.69 Å². The SMILES string of the molecule is Cc1cc(NC(=O)CN2CC(C)CC(N)C2)ccc1Br. The Kier molecular flexibility index (Phi) is 5.18. The molecule has 0 aliphatic carbocycles. The van der Waals surface area contributed by atoms with Crippen LogP contribution in [-0.4, -0.2) is 36.5 Å². The van der Waals surface area contributed by atoms with E-state index in [-0.39, 0.29) is 11.9 Å². The van der Waals surface area contributed by atoms with Crippen molar-refractivity contribution in [2.75, 3.05) is 25.0 Å². The number of carbonyl (C=O) groups is 1. The van der Waals surface area contributed by atoms with Crippen LogP contribution in [0.3, 0.4) is 0 Å². The minimum atomic E-state index is 0.0213. The number of amides is 1. The van der Waals surface area contributed by atoms with Gasteiger partial charge in [0.1, 0.15) is 0 Å². The van der Waals surface area contributed by atoms with Crippen molar-refractivity contribution in [3.8, 4) is 0 Å². The average molecular weight is 340 g/mol. The van der Waals surface area contributed by atoms with Crippen LogP contribution in [0.1, 0.15) is 18.9 Å². The number of halogens is 1. The summed E-state index contributed by atoms with van der Waals surface area (Å²) >= 11 is 3.45. The van der Waals surface area contributed by atoms with Crippen molar-refractivity contribution in [3.05, 3.63) is 28.2 Å². The molecule has 20 heavy (non-hydrogen) atoms. The van der Waals surface area contributed by atoms with Crippen LogP contribution in [0, 0.1) is 12.8 Å². The Morgan fingerprint density at radius 1 is 1.50 bits per heavy atom. The van der Waals surface area contributed by atoms with Crippen LogP contribution in [0.25, 0.3) is 0 Å². The normalized spacial score (nSPS) is 23.6. The van der Waals surface area contributed by atoms with E-state index in [0.29, 0.717) is 12.5 Å². The van der Waals surface area contributed by atoms with E-state index < -0.39 is 0 Å². The van der Waals surface area contributed by atoms with E-state index in [1.54, 1.807) is 0 Å². The van der Waals surface area contributed by atoms with Gasteiger partial charge in [0, 0.05) is 29.3 Å². The van der Waals surface area contributed by atoms with Gasteiger partial charge in [-0.2, -0.15) is 0 Å². The average Bonchev–Trinajstić information content (AvgIpc) is 2.32. The van der Waals surface area contributed by atoms with Crippen molar-refractivity contribution >= 4 is 27.5 Å². The molecule has 110 valence electrons. The molecule has 3 N–H and O–H groups in total. The Morgan fingerprint density at radius 3 is 2.90 bits per heavy atom. The fraction of sp³-hybridized carbons (Fsp3) is 0.533. The molecule has 0 spiro atoms. The largest absolute Gasteiger partial charge is 0.327 e. The number of nitrogens with two attached hydrogens (primary N) is 1. The van der Waals surface area contributed by atoms with Crippen molar-refractivity contribution in [3.63, 3.8) is 0 Å². The molecular weight excluding hydrogens is 318 g/mol. The molecule has 1 aromatic rings. The molecule has 2 unspecified atom stereocenters. The van der Waals surface area contributed by atoms with Gasteiger partial charge in [-0.25, -0.2) is 0 Å². The molecule has 5 heteroatoms. The van der Waals surface area contributed by atoms with Gasteiger partial charge in [-0.15, -0.1) is 0 Å². The van der Waals surface area contributed by atoms with Crippen LogP contribution in [0.15, 0.2) is 22.7 Å². The first-order chi connectivity index (χ1) is 9.44. The molecule has 0 bridgehead atoms. The number of aryl methyl sites for hydroxylation is 1. The Labute approximate surface area is 128 Å². The first-order valence-corrected chi connectivity index (χ1v) is 7.77. The maximum absolute atomic E-state index is 12.1. The molecule has 1 aromatic carbocycles. The Bertz CT molecular complexity index is 482. The molecule has 4 nitrogen and oxygen atoms in total. The van der Waals surface area contributed by atoms with Crippen molar-refractivity contribution in [1.29, 1.82) is 0 Å². The zero-order valence-corrected chi connectivity index (χ0v) is 13.6. The zero-order chi connectivity index (χ0) is 14.7. The number of carbonyl (C=O) groups excluding carboxylic acids is 1. The van der Waals surface area contributed by atoms with Crippen molar-refractivity contribution in [1.82, 2.24) is 4.90 Å². The second kappa shape index (κ2) is 6.70. The van der Waals surface area contributed by atoms with E-state index in [2.05, 4.69) is 33.1 Å². The summed E-state index contributed by atoms with van der Waals surface area (Å²) in [6.07, 6.45) is 1.05. The van der Waals surface area contributed by atoms with Crippen LogP contribution in [0.2, 0.25) is 0 Å². The number of anilines is 1. The predicted molar refractivity (Wildman–Crippen MR) is 85.7 cm³/mol. The minimum absolute atomic E-state index is 0.0213. The van der Waals surface area contributed by atoms with E-state index in [1.165, 1.54) is 0 Å². The Balaban J connectivity index is 1.90. The van der Waals surface area contributed by atoms with E-state index in [0.717, 1.165) is 35.2 Å². The first-order valence-electron chi connectivity index (χ1n) is 6.98. The van der Waals surface area contributed by atoms with Gasteiger partial charge in [-0.05, 0) is 43.0 Å².